The van der Waals surface area contributed by atoms with Crippen LogP contribution in [0.3, 0.4) is 0 Å². The van der Waals surface area contributed by atoms with Crippen molar-refractivity contribution in [2.24, 2.45) is 0 Å². The topological polar surface area (TPSA) is 12.5 Å². The van der Waals surface area contributed by atoms with E-state index >= 15 is 0 Å². The molecule has 11 aromatic carbocycles. The molecule has 2 heteroatoms. The summed E-state index contributed by atoms with van der Waals surface area (Å²) >= 11 is 0. The Labute approximate surface area is 404 Å². The number of hydrogen-bond acceptors (Lipinski definition) is 2. The first-order chi connectivity index (χ1) is 33.9. The van der Waals surface area contributed by atoms with Crippen LogP contribution in [0.2, 0.25) is 0 Å². The first-order valence-electron chi connectivity index (χ1n) is 23.9. The van der Waals surface area contributed by atoms with E-state index in [0.717, 1.165) is 67.5 Å². The maximum atomic E-state index is 7.09. The van der Waals surface area contributed by atoms with Crippen LogP contribution in [-0.4, -0.2) is 0 Å². The van der Waals surface area contributed by atoms with E-state index in [-0.39, 0.29) is 5.41 Å². The Bertz CT molecular complexity index is 3740. The molecule has 0 bridgehead atoms. The Kier molecular flexibility index (Phi) is 9.55. The molecule has 0 atom stereocenters. The molecule has 0 fully saturated rings. The smallest absolute Gasteiger partial charge is 0.143 e. The molecule has 1 aliphatic heterocycles. The highest BCUT2D eigenvalue weighted by atomic mass is 16.5. The van der Waals surface area contributed by atoms with Crippen LogP contribution < -0.4 is 9.64 Å². The fourth-order valence-corrected chi connectivity index (χ4v) is 10.9. The Morgan fingerprint density at radius 3 is 1.41 bits per heavy atom. The standard InChI is InChI=1S/C67H47NO/c1-67(2)63-23-12-11-20-57(63)58-38-37-55(43-64(58)67)68(53-33-28-47(29-34-53)44-14-5-3-6-15-44)54-35-30-48(31-36-54)46-24-26-49(27-25-46)56-21-13-22-59-60-40-50-18-9-10-19-51(50)41-61(60)62-42-52(45-16-7-4-8-17-45)32-39-65(62)69-66(56)59/h3-43H,1-2H3. The quantitative estimate of drug-likeness (QED) is 0.158. The van der Waals surface area contributed by atoms with Gasteiger partial charge in [-0.05, 0) is 144 Å². The van der Waals surface area contributed by atoms with E-state index in [9.17, 15) is 0 Å². The SMILES string of the molecule is CC1(C)c2ccccc2-c2ccc(N(c3ccc(-c4ccccc4)cc3)c3ccc(-c4ccc(-c5cccc6c5Oc5ccc(-c7ccccc7)cc5-c5cc7ccccc7cc5-6)cc4)cc3)cc21. The Balaban J connectivity index is 0.856. The first-order valence-corrected chi connectivity index (χ1v) is 23.9. The second-order valence-corrected chi connectivity index (χ2v) is 18.9. The molecule has 0 N–H and O–H groups in total. The minimum Gasteiger partial charge on any atom is -0.455 e. The van der Waals surface area contributed by atoms with Crippen molar-refractivity contribution in [3.05, 3.63) is 260 Å². The molecular weight excluding hydrogens is 835 g/mol. The van der Waals surface area contributed by atoms with Crippen LogP contribution in [0.15, 0.2) is 249 Å². The summed E-state index contributed by atoms with van der Waals surface area (Å²) < 4.78 is 7.09. The minimum absolute atomic E-state index is 0.109. The van der Waals surface area contributed by atoms with Crippen molar-refractivity contribution in [2.75, 3.05) is 4.90 Å². The van der Waals surface area contributed by atoms with Crippen LogP contribution in [-0.2, 0) is 5.41 Å². The fourth-order valence-electron chi connectivity index (χ4n) is 10.9. The molecule has 0 saturated heterocycles. The van der Waals surface area contributed by atoms with E-state index in [1.54, 1.807) is 0 Å². The highest BCUT2D eigenvalue weighted by Crippen LogP contribution is 2.53. The average molecular weight is 882 g/mol. The predicted molar refractivity (Wildman–Crippen MR) is 289 cm³/mol. The van der Waals surface area contributed by atoms with Gasteiger partial charge in [-0.2, -0.15) is 0 Å². The minimum atomic E-state index is -0.109. The lowest BCUT2D eigenvalue weighted by molar-refractivity contribution is 0.489. The van der Waals surface area contributed by atoms with Crippen LogP contribution in [0, 0.1) is 0 Å². The van der Waals surface area contributed by atoms with Crippen LogP contribution in [0.1, 0.15) is 25.0 Å². The van der Waals surface area contributed by atoms with Gasteiger partial charge in [-0.25, -0.2) is 0 Å². The molecule has 69 heavy (non-hydrogen) atoms. The lowest BCUT2D eigenvalue weighted by Gasteiger charge is -2.28. The fraction of sp³-hybridized carbons (Fsp3) is 0.0448. The number of benzene rings is 11. The van der Waals surface area contributed by atoms with Gasteiger partial charge in [0, 0.05) is 39.2 Å². The monoisotopic (exact) mass is 881 g/mol. The number of hydrogen-bond donors (Lipinski definition) is 0. The highest BCUT2D eigenvalue weighted by Gasteiger charge is 2.36. The maximum absolute atomic E-state index is 7.09. The van der Waals surface area contributed by atoms with Gasteiger partial charge in [0.2, 0.25) is 0 Å². The molecule has 11 aromatic rings. The van der Waals surface area contributed by atoms with Gasteiger partial charge < -0.3 is 9.64 Å². The zero-order valence-corrected chi connectivity index (χ0v) is 38.5. The molecule has 1 aliphatic carbocycles. The van der Waals surface area contributed by atoms with Crippen LogP contribution in [0.4, 0.5) is 17.1 Å². The maximum Gasteiger partial charge on any atom is 0.143 e. The number of nitrogens with zero attached hydrogens (tertiary/aromatic N) is 1. The number of para-hydroxylation sites is 1. The van der Waals surface area contributed by atoms with Crippen molar-refractivity contribution in [3.8, 4) is 89.4 Å². The summed E-state index contributed by atoms with van der Waals surface area (Å²) in [6.45, 7) is 4.70. The van der Waals surface area contributed by atoms with Gasteiger partial charge >= 0.3 is 0 Å². The second-order valence-electron chi connectivity index (χ2n) is 18.9. The number of rotatable bonds is 7. The first kappa shape index (κ1) is 40.5. The lowest BCUT2D eigenvalue weighted by atomic mass is 9.82. The summed E-state index contributed by atoms with van der Waals surface area (Å²) in [5, 5.41) is 2.41. The number of fused-ring (bicyclic) bond motifs is 9. The average Bonchev–Trinajstić information content (AvgIpc) is 3.55. The van der Waals surface area contributed by atoms with Crippen molar-refractivity contribution in [2.45, 2.75) is 19.3 Å². The Morgan fingerprint density at radius 1 is 0.290 bits per heavy atom. The van der Waals surface area contributed by atoms with Crippen molar-refractivity contribution in [1.82, 2.24) is 0 Å². The predicted octanol–water partition coefficient (Wildman–Crippen LogP) is 18.7. The van der Waals surface area contributed by atoms with Crippen molar-refractivity contribution in [1.29, 1.82) is 0 Å². The zero-order chi connectivity index (χ0) is 46.1. The summed E-state index contributed by atoms with van der Waals surface area (Å²) in [5.41, 5.74) is 22.3. The van der Waals surface area contributed by atoms with Crippen LogP contribution in [0.5, 0.6) is 11.5 Å². The van der Waals surface area contributed by atoms with Gasteiger partial charge in [-0.3, -0.25) is 0 Å². The lowest BCUT2D eigenvalue weighted by Crippen LogP contribution is -2.16. The molecule has 13 rings (SSSR count). The Hall–Kier alpha value is -8.72. The largest absolute Gasteiger partial charge is 0.455 e. The van der Waals surface area contributed by atoms with Gasteiger partial charge in [0.05, 0.1) is 0 Å². The molecule has 0 aromatic heterocycles. The molecule has 1 heterocycles. The molecule has 0 unspecified atom stereocenters. The van der Waals surface area contributed by atoms with Gasteiger partial charge in [-0.1, -0.05) is 202 Å². The molecule has 326 valence electrons. The van der Waals surface area contributed by atoms with E-state index in [4.69, 9.17) is 4.74 Å². The molecule has 0 spiro atoms. The van der Waals surface area contributed by atoms with E-state index in [1.165, 1.54) is 60.8 Å². The van der Waals surface area contributed by atoms with Gasteiger partial charge in [0.25, 0.3) is 0 Å². The third-order valence-electron chi connectivity index (χ3n) is 14.5. The summed E-state index contributed by atoms with van der Waals surface area (Å²) in [6, 6.07) is 90.4. The summed E-state index contributed by atoms with van der Waals surface area (Å²) in [5.74, 6) is 1.72. The zero-order valence-electron chi connectivity index (χ0n) is 38.5. The van der Waals surface area contributed by atoms with Crippen molar-refractivity contribution >= 4 is 27.8 Å². The van der Waals surface area contributed by atoms with Gasteiger partial charge in [-0.15, -0.1) is 0 Å². The normalized spacial score (nSPS) is 12.7. The van der Waals surface area contributed by atoms with E-state index < -0.39 is 0 Å². The second kappa shape index (κ2) is 16.3. The van der Waals surface area contributed by atoms with Gasteiger partial charge in [0.1, 0.15) is 11.5 Å². The molecule has 0 amide bonds. The van der Waals surface area contributed by atoms with Gasteiger partial charge in [0.15, 0.2) is 0 Å². The summed E-state index contributed by atoms with van der Waals surface area (Å²) in [7, 11) is 0. The third-order valence-corrected chi connectivity index (χ3v) is 14.5. The van der Waals surface area contributed by atoms with Crippen LogP contribution in [0.25, 0.3) is 88.7 Å². The number of anilines is 3. The molecule has 0 saturated carbocycles. The van der Waals surface area contributed by atoms with E-state index in [0.29, 0.717) is 0 Å². The summed E-state index contributed by atoms with van der Waals surface area (Å²) in [4.78, 5) is 2.39. The molecule has 2 aliphatic rings. The highest BCUT2D eigenvalue weighted by molar-refractivity contribution is 6.02. The van der Waals surface area contributed by atoms with E-state index in [1.807, 2.05) is 0 Å². The number of ether oxygens (including phenoxy) is 1. The van der Waals surface area contributed by atoms with Crippen molar-refractivity contribution in [3.63, 3.8) is 0 Å². The van der Waals surface area contributed by atoms with E-state index in [2.05, 4.69) is 267 Å². The summed E-state index contributed by atoms with van der Waals surface area (Å²) in [6.07, 6.45) is 0. The van der Waals surface area contributed by atoms with Crippen LogP contribution >= 0.6 is 0 Å². The molecule has 2 nitrogen and oxygen atoms in total. The molecular formula is C67H47NO. The Morgan fingerprint density at radius 2 is 0.754 bits per heavy atom. The third kappa shape index (κ3) is 6.95. The molecule has 0 radical (unpaired) electrons. The van der Waals surface area contributed by atoms with Crippen molar-refractivity contribution < 1.29 is 4.74 Å².